The average molecular weight is 308 g/mol. The third-order valence-electron chi connectivity index (χ3n) is 3.26. The zero-order valence-corrected chi connectivity index (χ0v) is 11.7. The van der Waals surface area contributed by atoms with Crippen molar-refractivity contribution in [3.05, 3.63) is 40.9 Å². The molecule has 21 heavy (non-hydrogen) atoms. The number of fused-ring (bicyclic) bond motifs is 3. The van der Waals surface area contributed by atoms with Crippen LogP contribution in [0.25, 0.3) is 5.69 Å². The molecule has 1 aliphatic rings. The van der Waals surface area contributed by atoms with Crippen molar-refractivity contribution in [2.75, 3.05) is 12.0 Å². The first-order chi connectivity index (χ1) is 10.0. The molecule has 1 aliphatic heterocycles. The first-order valence-electron chi connectivity index (χ1n) is 5.98. The van der Waals surface area contributed by atoms with Crippen LogP contribution in [0, 0.1) is 0 Å². The molecule has 108 valence electrons. The second kappa shape index (κ2) is 4.78. The summed E-state index contributed by atoms with van der Waals surface area (Å²) in [5, 5.41) is 9.63. The van der Waals surface area contributed by atoms with E-state index in [1.807, 2.05) is 0 Å². The first kappa shape index (κ1) is 13.4. The summed E-state index contributed by atoms with van der Waals surface area (Å²) in [7, 11) is 1.26. The standard InChI is InChI=1S/C13H10ClN3O4/c1-21-13(20)16-5-10-11(12(18)19)15-6-17(10)8-3-2-7(14)4-9(8)16/h2-4,6H,5H2,1H3,(H,18,19). The number of amides is 1. The molecular formula is C13H10ClN3O4. The number of halogens is 1. The number of methoxy groups -OCH3 is 1. The Morgan fingerprint density at radius 3 is 2.81 bits per heavy atom. The SMILES string of the molecule is COC(=O)N1Cc2c(C(=O)O)ncn2-c2ccc(Cl)cc21. The maximum Gasteiger partial charge on any atom is 0.414 e. The number of anilines is 1. The minimum absolute atomic E-state index is 0.0433. The van der Waals surface area contributed by atoms with Crippen molar-refractivity contribution in [2.45, 2.75) is 6.54 Å². The van der Waals surface area contributed by atoms with Gasteiger partial charge in [-0.05, 0) is 18.2 Å². The van der Waals surface area contributed by atoms with Crippen molar-refractivity contribution in [2.24, 2.45) is 0 Å². The van der Waals surface area contributed by atoms with Crippen LogP contribution in [0.2, 0.25) is 5.02 Å². The molecular weight excluding hydrogens is 298 g/mol. The number of carbonyl (C=O) groups is 2. The number of aromatic nitrogens is 2. The Balaban J connectivity index is 2.23. The topological polar surface area (TPSA) is 84.7 Å². The van der Waals surface area contributed by atoms with Gasteiger partial charge in [0.05, 0.1) is 30.7 Å². The van der Waals surface area contributed by atoms with Gasteiger partial charge in [0.15, 0.2) is 5.69 Å². The predicted molar refractivity (Wildman–Crippen MR) is 74.1 cm³/mol. The molecule has 8 heteroatoms. The van der Waals surface area contributed by atoms with E-state index < -0.39 is 12.1 Å². The van der Waals surface area contributed by atoms with E-state index >= 15 is 0 Å². The molecule has 1 N–H and O–H groups in total. The Kier molecular flexibility index (Phi) is 3.06. The monoisotopic (exact) mass is 307 g/mol. The van der Waals surface area contributed by atoms with E-state index in [9.17, 15) is 14.7 Å². The Hall–Kier alpha value is -2.54. The third kappa shape index (κ3) is 2.02. The Morgan fingerprint density at radius 1 is 1.38 bits per heavy atom. The van der Waals surface area contributed by atoms with Crippen molar-refractivity contribution in [3.63, 3.8) is 0 Å². The molecule has 1 aromatic heterocycles. The molecule has 0 unspecified atom stereocenters. The van der Waals surface area contributed by atoms with E-state index in [0.29, 0.717) is 22.1 Å². The number of carboxylic acid groups (broad SMARTS) is 1. The van der Waals surface area contributed by atoms with Crippen molar-refractivity contribution in [1.82, 2.24) is 9.55 Å². The summed E-state index contributed by atoms with van der Waals surface area (Å²) in [5.41, 5.74) is 1.47. The number of ether oxygens (including phenoxy) is 1. The van der Waals surface area contributed by atoms with Crippen LogP contribution < -0.4 is 4.90 Å². The van der Waals surface area contributed by atoms with Crippen LogP contribution in [0.3, 0.4) is 0 Å². The second-order valence-electron chi connectivity index (χ2n) is 4.40. The molecule has 1 amide bonds. The van der Waals surface area contributed by atoms with Crippen molar-refractivity contribution >= 4 is 29.4 Å². The number of carbonyl (C=O) groups excluding carboxylic acids is 1. The van der Waals surface area contributed by atoms with Crippen LogP contribution in [0.4, 0.5) is 10.5 Å². The minimum Gasteiger partial charge on any atom is -0.476 e. The van der Waals surface area contributed by atoms with Gasteiger partial charge in [-0.15, -0.1) is 0 Å². The fourth-order valence-electron chi connectivity index (χ4n) is 2.34. The van der Waals surface area contributed by atoms with Crippen LogP contribution in [0.5, 0.6) is 0 Å². The lowest BCUT2D eigenvalue weighted by Crippen LogP contribution is -2.35. The number of aromatic carboxylic acids is 1. The van der Waals surface area contributed by atoms with Gasteiger partial charge < -0.3 is 9.84 Å². The van der Waals surface area contributed by atoms with Gasteiger partial charge in [0, 0.05) is 5.02 Å². The highest BCUT2D eigenvalue weighted by Crippen LogP contribution is 2.35. The summed E-state index contributed by atoms with van der Waals surface area (Å²) in [6.07, 6.45) is 0.822. The molecule has 2 aromatic rings. The first-order valence-corrected chi connectivity index (χ1v) is 6.35. The molecule has 0 saturated heterocycles. The number of carboxylic acids is 1. The van der Waals surface area contributed by atoms with Gasteiger partial charge in [-0.3, -0.25) is 9.47 Å². The molecule has 2 heterocycles. The van der Waals surface area contributed by atoms with Crippen molar-refractivity contribution in [1.29, 1.82) is 0 Å². The molecule has 1 aromatic carbocycles. The van der Waals surface area contributed by atoms with Crippen molar-refractivity contribution in [3.8, 4) is 5.69 Å². The van der Waals surface area contributed by atoms with E-state index in [-0.39, 0.29) is 12.2 Å². The van der Waals surface area contributed by atoms with Crippen LogP contribution in [0.1, 0.15) is 16.2 Å². The zero-order valence-electron chi connectivity index (χ0n) is 10.9. The van der Waals surface area contributed by atoms with Gasteiger partial charge in [-0.25, -0.2) is 14.6 Å². The van der Waals surface area contributed by atoms with Crippen LogP contribution in [0.15, 0.2) is 24.5 Å². The summed E-state index contributed by atoms with van der Waals surface area (Å²) >= 11 is 5.97. The van der Waals surface area contributed by atoms with Gasteiger partial charge in [0.25, 0.3) is 0 Å². The van der Waals surface area contributed by atoms with Gasteiger partial charge in [0.2, 0.25) is 0 Å². The Labute approximate surface area is 124 Å². The van der Waals surface area contributed by atoms with Crippen molar-refractivity contribution < 1.29 is 19.4 Å². The molecule has 0 fully saturated rings. The molecule has 0 spiro atoms. The number of benzene rings is 1. The van der Waals surface area contributed by atoms with Crippen LogP contribution in [-0.4, -0.2) is 33.8 Å². The van der Waals surface area contributed by atoms with Crippen LogP contribution >= 0.6 is 11.6 Å². The quantitative estimate of drug-likeness (QED) is 0.874. The maximum absolute atomic E-state index is 11.9. The number of hydrogen-bond acceptors (Lipinski definition) is 4. The predicted octanol–water partition coefficient (Wildman–Crippen LogP) is 2.31. The lowest BCUT2D eigenvalue weighted by Gasteiger charge is -2.29. The second-order valence-corrected chi connectivity index (χ2v) is 4.84. The summed E-state index contributed by atoms with van der Waals surface area (Å²) in [6, 6.07) is 4.98. The summed E-state index contributed by atoms with van der Waals surface area (Å²) in [4.78, 5) is 28.4. The molecule has 0 radical (unpaired) electrons. The number of nitrogens with zero attached hydrogens (tertiary/aromatic N) is 3. The molecule has 7 nitrogen and oxygen atoms in total. The highest BCUT2D eigenvalue weighted by atomic mass is 35.5. The molecule has 0 bridgehead atoms. The minimum atomic E-state index is -1.15. The fourth-order valence-corrected chi connectivity index (χ4v) is 2.50. The summed E-state index contributed by atoms with van der Waals surface area (Å²) in [5.74, 6) is -1.15. The van der Waals surface area contributed by atoms with Gasteiger partial charge >= 0.3 is 12.1 Å². The number of rotatable bonds is 1. The van der Waals surface area contributed by atoms with Gasteiger partial charge in [-0.2, -0.15) is 0 Å². The highest BCUT2D eigenvalue weighted by Gasteiger charge is 2.31. The molecule has 0 saturated carbocycles. The van der Waals surface area contributed by atoms with E-state index in [2.05, 4.69) is 4.98 Å². The summed E-state index contributed by atoms with van der Waals surface area (Å²) in [6.45, 7) is 0.0433. The van der Waals surface area contributed by atoms with Gasteiger partial charge in [-0.1, -0.05) is 11.6 Å². The Bertz CT molecular complexity index is 756. The lowest BCUT2D eigenvalue weighted by atomic mass is 10.1. The molecule has 3 rings (SSSR count). The van der Waals surface area contributed by atoms with E-state index in [4.69, 9.17) is 16.3 Å². The Morgan fingerprint density at radius 2 is 2.14 bits per heavy atom. The highest BCUT2D eigenvalue weighted by molar-refractivity contribution is 6.31. The van der Waals surface area contributed by atoms with E-state index in [1.54, 1.807) is 22.8 Å². The van der Waals surface area contributed by atoms with Crippen LogP contribution in [-0.2, 0) is 11.3 Å². The fraction of sp³-hybridized carbons (Fsp3) is 0.154. The van der Waals surface area contributed by atoms with E-state index in [0.717, 1.165) is 0 Å². The molecule has 0 aliphatic carbocycles. The third-order valence-corrected chi connectivity index (χ3v) is 3.49. The smallest absolute Gasteiger partial charge is 0.414 e. The summed E-state index contributed by atoms with van der Waals surface area (Å²) < 4.78 is 6.38. The average Bonchev–Trinajstić information content (AvgIpc) is 2.89. The largest absolute Gasteiger partial charge is 0.476 e. The molecule has 0 atom stereocenters. The lowest BCUT2D eigenvalue weighted by molar-refractivity contribution is 0.0689. The number of hydrogen-bond donors (Lipinski definition) is 1. The normalized spacial score (nSPS) is 12.6. The van der Waals surface area contributed by atoms with Gasteiger partial charge in [0.1, 0.15) is 6.33 Å². The van der Waals surface area contributed by atoms with E-state index in [1.165, 1.54) is 18.3 Å². The zero-order chi connectivity index (χ0) is 15.1. The number of imidazole rings is 1. The maximum atomic E-state index is 11.9.